The lowest BCUT2D eigenvalue weighted by Gasteiger charge is -2.34. The van der Waals surface area contributed by atoms with Gasteiger partial charge in [-0.05, 0) is 58.1 Å². The predicted octanol–water partition coefficient (Wildman–Crippen LogP) is 4.26. The number of benzene rings is 1. The van der Waals surface area contributed by atoms with Crippen LogP contribution in [0.25, 0.3) is 0 Å². The second kappa shape index (κ2) is 10.6. The Kier molecular flexibility index (Phi) is 8.42. The van der Waals surface area contributed by atoms with Crippen LogP contribution in [0.2, 0.25) is 5.02 Å². The number of carbonyl (C=O) groups is 2. The molecule has 1 unspecified atom stereocenters. The number of amides is 2. The molecule has 28 heavy (non-hydrogen) atoms. The van der Waals surface area contributed by atoms with Crippen LogP contribution in [0.4, 0.5) is 4.79 Å². The number of halogens is 1. The van der Waals surface area contributed by atoms with Crippen LogP contribution in [0.3, 0.4) is 0 Å². The topological polar surface area (TPSA) is 67.9 Å². The summed E-state index contributed by atoms with van der Waals surface area (Å²) in [4.78, 5) is 26.0. The first kappa shape index (κ1) is 22.3. The molecule has 1 fully saturated rings. The van der Waals surface area contributed by atoms with Gasteiger partial charge in [-0.1, -0.05) is 23.7 Å². The molecular formula is C21H31ClN2O4. The maximum atomic E-state index is 12.2. The predicted molar refractivity (Wildman–Crippen MR) is 110 cm³/mol. The molecule has 0 spiro atoms. The molecule has 1 N–H and O–H groups in total. The molecule has 1 aliphatic heterocycles. The van der Waals surface area contributed by atoms with Gasteiger partial charge in [0.05, 0.1) is 18.1 Å². The first-order valence-corrected chi connectivity index (χ1v) is 10.2. The third-order valence-electron chi connectivity index (χ3n) is 4.47. The molecule has 7 heteroatoms. The minimum absolute atomic E-state index is 0.0492. The Hall–Kier alpha value is -1.95. The number of rotatable bonds is 7. The Morgan fingerprint density at radius 1 is 1.29 bits per heavy atom. The molecule has 0 aliphatic carbocycles. The van der Waals surface area contributed by atoms with E-state index in [1.807, 2.05) is 32.9 Å². The van der Waals surface area contributed by atoms with Gasteiger partial charge in [0.15, 0.2) is 0 Å². The Balaban J connectivity index is 1.63. The Morgan fingerprint density at radius 3 is 2.75 bits per heavy atom. The number of para-hydroxylation sites is 1. The summed E-state index contributed by atoms with van der Waals surface area (Å²) in [5, 5.41) is 3.46. The van der Waals surface area contributed by atoms with E-state index in [-0.39, 0.29) is 25.0 Å². The smallest absolute Gasteiger partial charge is 0.410 e. The molecule has 156 valence electrons. The van der Waals surface area contributed by atoms with Crippen molar-refractivity contribution in [1.29, 1.82) is 0 Å². The second-order valence-corrected chi connectivity index (χ2v) is 8.51. The van der Waals surface area contributed by atoms with Gasteiger partial charge in [0.2, 0.25) is 5.91 Å². The van der Waals surface area contributed by atoms with Crippen LogP contribution >= 0.6 is 11.6 Å². The third kappa shape index (κ3) is 7.97. The lowest BCUT2D eigenvalue weighted by atomic mass is 9.95. The van der Waals surface area contributed by atoms with Crippen LogP contribution in [0.15, 0.2) is 24.3 Å². The van der Waals surface area contributed by atoms with Gasteiger partial charge < -0.3 is 19.7 Å². The van der Waals surface area contributed by atoms with Gasteiger partial charge >= 0.3 is 6.09 Å². The molecule has 2 rings (SSSR count). The standard InChI is InChI=1S/C21H31ClN2O4/c1-21(2,3)28-20(26)24-13-6-7-16(15-24)10-12-23-19(25)11-14-27-18-9-5-4-8-17(18)22/h4-5,8-9,16H,6-7,10-15H2,1-3H3,(H,23,25). The number of carbonyl (C=O) groups excluding carboxylic acids is 2. The van der Waals surface area contributed by atoms with Crippen LogP contribution < -0.4 is 10.1 Å². The van der Waals surface area contributed by atoms with Crippen molar-refractivity contribution in [1.82, 2.24) is 10.2 Å². The van der Waals surface area contributed by atoms with Gasteiger partial charge in [0.1, 0.15) is 11.4 Å². The van der Waals surface area contributed by atoms with Gasteiger partial charge in [0, 0.05) is 19.6 Å². The van der Waals surface area contributed by atoms with E-state index in [0.29, 0.717) is 29.8 Å². The van der Waals surface area contributed by atoms with Gasteiger partial charge in [-0.25, -0.2) is 4.79 Å². The van der Waals surface area contributed by atoms with Crippen molar-refractivity contribution in [2.75, 3.05) is 26.2 Å². The summed E-state index contributed by atoms with van der Waals surface area (Å²) in [7, 11) is 0. The monoisotopic (exact) mass is 410 g/mol. The van der Waals surface area contributed by atoms with E-state index in [1.165, 1.54) is 0 Å². The molecule has 2 amide bonds. The lowest BCUT2D eigenvalue weighted by molar-refractivity contribution is -0.121. The summed E-state index contributed by atoms with van der Waals surface area (Å²) in [5.74, 6) is 0.911. The second-order valence-electron chi connectivity index (χ2n) is 8.10. The summed E-state index contributed by atoms with van der Waals surface area (Å²) in [5.41, 5.74) is -0.482. The summed E-state index contributed by atoms with van der Waals surface area (Å²) < 4.78 is 11.0. The minimum atomic E-state index is -0.482. The van der Waals surface area contributed by atoms with Gasteiger partial charge in [-0.15, -0.1) is 0 Å². The van der Waals surface area contributed by atoms with Crippen molar-refractivity contribution >= 4 is 23.6 Å². The van der Waals surface area contributed by atoms with E-state index in [1.54, 1.807) is 17.0 Å². The number of ether oxygens (including phenoxy) is 2. The van der Waals surface area contributed by atoms with Crippen LogP contribution in [0, 0.1) is 5.92 Å². The molecule has 1 saturated heterocycles. The van der Waals surface area contributed by atoms with Crippen molar-refractivity contribution in [3.8, 4) is 5.75 Å². The average Bonchev–Trinajstić information content (AvgIpc) is 2.62. The minimum Gasteiger partial charge on any atom is -0.491 e. The molecule has 1 aliphatic rings. The quantitative estimate of drug-likeness (QED) is 0.729. The number of hydrogen-bond donors (Lipinski definition) is 1. The fourth-order valence-electron chi connectivity index (χ4n) is 3.11. The van der Waals surface area contributed by atoms with Crippen molar-refractivity contribution in [3.05, 3.63) is 29.3 Å². The summed E-state index contributed by atoms with van der Waals surface area (Å²) in [6, 6.07) is 7.20. The average molecular weight is 411 g/mol. The maximum Gasteiger partial charge on any atom is 0.410 e. The highest BCUT2D eigenvalue weighted by molar-refractivity contribution is 6.32. The third-order valence-corrected chi connectivity index (χ3v) is 4.78. The number of nitrogens with zero attached hydrogens (tertiary/aromatic N) is 1. The van der Waals surface area contributed by atoms with Crippen LogP contribution in [-0.2, 0) is 9.53 Å². The van der Waals surface area contributed by atoms with Gasteiger partial charge in [0.25, 0.3) is 0 Å². The van der Waals surface area contributed by atoms with E-state index in [2.05, 4.69) is 5.32 Å². The summed E-state index contributed by atoms with van der Waals surface area (Å²) in [6.07, 6.45) is 2.89. The van der Waals surface area contributed by atoms with Crippen LogP contribution in [0.5, 0.6) is 5.75 Å². The van der Waals surface area contributed by atoms with Crippen molar-refractivity contribution in [2.45, 2.75) is 52.1 Å². The molecule has 0 aromatic heterocycles. The van der Waals surface area contributed by atoms with Crippen LogP contribution in [0.1, 0.15) is 46.5 Å². The Bertz CT molecular complexity index is 660. The fourth-order valence-corrected chi connectivity index (χ4v) is 3.30. The number of likely N-dealkylation sites (tertiary alicyclic amines) is 1. The molecule has 0 saturated carbocycles. The normalized spacial score (nSPS) is 17.1. The zero-order chi connectivity index (χ0) is 20.6. The molecule has 0 radical (unpaired) electrons. The highest BCUT2D eigenvalue weighted by Crippen LogP contribution is 2.23. The maximum absolute atomic E-state index is 12.2. The number of hydrogen-bond acceptors (Lipinski definition) is 4. The highest BCUT2D eigenvalue weighted by atomic mass is 35.5. The fraction of sp³-hybridized carbons (Fsp3) is 0.619. The summed E-state index contributed by atoms with van der Waals surface area (Å²) >= 11 is 6.02. The van der Waals surface area contributed by atoms with E-state index >= 15 is 0 Å². The first-order chi connectivity index (χ1) is 13.2. The molecule has 0 bridgehead atoms. The molecule has 1 aromatic carbocycles. The van der Waals surface area contributed by atoms with E-state index in [4.69, 9.17) is 21.1 Å². The van der Waals surface area contributed by atoms with Crippen molar-refractivity contribution in [2.24, 2.45) is 5.92 Å². The summed E-state index contributed by atoms with van der Waals surface area (Å²) in [6.45, 7) is 7.91. The zero-order valence-corrected chi connectivity index (χ0v) is 17.8. The molecular weight excluding hydrogens is 380 g/mol. The van der Waals surface area contributed by atoms with Crippen molar-refractivity contribution in [3.63, 3.8) is 0 Å². The van der Waals surface area contributed by atoms with E-state index < -0.39 is 5.60 Å². The Labute approximate surface area is 172 Å². The van der Waals surface area contributed by atoms with Crippen molar-refractivity contribution < 1.29 is 19.1 Å². The Morgan fingerprint density at radius 2 is 2.04 bits per heavy atom. The van der Waals surface area contributed by atoms with Gasteiger partial charge in [-0.2, -0.15) is 0 Å². The SMILES string of the molecule is CC(C)(C)OC(=O)N1CCCC(CCNC(=O)CCOc2ccccc2Cl)C1. The largest absolute Gasteiger partial charge is 0.491 e. The molecule has 1 heterocycles. The van der Waals surface area contributed by atoms with E-state index in [9.17, 15) is 9.59 Å². The van der Waals surface area contributed by atoms with Gasteiger partial charge in [-0.3, -0.25) is 4.79 Å². The van der Waals surface area contributed by atoms with E-state index in [0.717, 1.165) is 25.8 Å². The zero-order valence-electron chi connectivity index (χ0n) is 17.0. The number of piperidine rings is 1. The van der Waals surface area contributed by atoms with Crippen LogP contribution in [-0.4, -0.2) is 48.7 Å². The molecule has 1 atom stereocenters. The molecule has 6 nitrogen and oxygen atoms in total. The highest BCUT2D eigenvalue weighted by Gasteiger charge is 2.27. The first-order valence-electron chi connectivity index (χ1n) is 9.86. The number of nitrogens with one attached hydrogen (secondary N) is 1. The molecule has 1 aromatic rings. The lowest BCUT2D eigenvalue weighted by Crippen LogP contribution is -2.43.